The van der Waals surface area contributed by atoms with Crippen molar-refractivity contribution in [1.82, 2.24) is 9.03 Å². The summed E-state index contributed by atoms with van der Waals surface area (Å²) in [6, 6.07) is 7.29. The van der Waals surface area contributed by atoms with Crippen molar-refractivity contribution in [2.24, 2.45) is 5.92 Å². The predicted molar refractivity (Wildman–Crippen MR) is 82.3 cm³/mol. The first-order valence-electron chi connectivity index (χ1n) is 6.83. The van der Waals surface area contributed by atoms with Gasteiger partial charge in [0, 0.05) is 26.7 Å². The van der Waals surface area contributed by atoms with Gasteiger partial charge >= 0.3 is 0 Å². The number of ether oxygens (including phenoxy) is 1. The van der Waals surface area contributed by atoms with Crippen LogP contribution < -0.4 is 9.46 Å². The van der Waals surface area contributed by atoms with Gasteiger partial charge in [0.25, 0.3) is 10.2 Å². The van der Waals surface area contributed by atoms with Crippen LogP contribution in [0.1, 0.15) is 18.9 Å². The number of rotatable bonds is 9. The maximum absolute atomic E-state index is 12.1. The highest BCUT2D eigenvalue weighted by Crippen LogP contribution is 2.14. The maximum Gasteiger partial charge on any atom is 0.279 e. The standard InChI is InChI=1S/C14H24N2O4S/c1-12(7-8-17)10-15-21(18,19)16(2)11-13-5-4-6-14(9-13)20-3/h4-6,9,12,15,17H,7-8,10-11H2,1-3H3. The van der Waals surface area contributed by atoms with E-state index in [4.69, 9.17) is 9.84 Å². The molecule has 0 radical (unpaired) electrons. The van der Waals surface area contributed by atoms with Gasteiger partial charge in [0.15, 0.2) is 0 Å². The Hall–Kier alpha value is -1.15. The minimum absolute atomic E-state index is 0.0581. The van der Waals surface area contributed by atoms with Crippen molar-refractivity contribution >= 4 is 10.2 Å². The fraction of sp³-hybridized carbons (Fsp3) is 0.571. The molecular formula is C14H24N2O4S. The lowest BCUT2D eigenvalue weighted by atomic mass is 10.1. The molecule has 0 amide bonds. The molecule has 0 spiro atoms. The first kappa shape index (κ1) is 17.9. The Morgan fingerprint density at radius 1 is 1.43 bits per heavy atom. The first-order chi connectivity index (χ1) is 9.89. The van der Waals surface area contributed by atoms with Crippen LogP contribution in [0.4, 0.5) is 0 Å². The molecule has 1 rings (SSSR count). The summed E-state index contributed by atoms with van der Waals surface area (Å²) < 4.78 is 33.2. The molecular weight excluding hydrogens is 292 g/mol. The van der Waals surface area contributed by atoms with Gasteiger partial charge in [-0.3, -0.25) is 0 Å². The summed E-state index contributed by atoms with van der Waals surface area (Å²) >= 11 is 0. The fourth-order valence-electron chi connectivity index (χ4n) is 1.79. The van der Waals surface area contributed by atoms with Gasteiger partial charge in [-0.25, -0.2) is 4.72 Å². The van der Waals surface area contributed by atoms with Crippen molar-refractivity contribution in [2.75, 3.05) is 27.3 Å². The molecule has 1 atom stereocenters. The Labute approximate surface area is 126 Å². The van der Waals surface area contributed by atoms with Crippen molar-refractivity contribution in [3.05, 3.63) is 29.8 Å². The molecule has 0 aliphatic heterocycles. The highest BCUT2D eigenvalue weighted by atomic mass is 32.2. The second kappa shape index (κ2) is 8.33. The van der Waals surface area contributed by atoms with Gasteiger partial charge in [-0.05, 0) is 30.0 Å². The molecule has 0 aliphatic carbocycles. The van der Waals surface area contributed by atoms with E-state index in [9.17, 15) is 8.42 Å². The summed E-state index contributed by atoms with van der Waals surface area (Å²) in [5.41, 5.74) is 0.852. The van der Waals surface area contributed by atoms with E-state index in [-0.39, 0.29) is 19.1 Å². The monoisotopic (exact) mass is 316 g/mol. The molecule has 1 unspecified atom stereocenters. The fourth-order valence-corrected chi connectivity index (χ4v) is 2.83. The number of nitrogens with zero attached hydrogens (tertiary/aromatic N) is 1. The molecule has 7 heteroatoms. The van der Waals surface area contributed by atoms with Gasteiger partial charge in [-0.15, -0.1) is 0 Å². The lowest BCUT2D eigenvalue weighted by Crippen LogP contribution is -2.39. The topological polar surface area (TPSA) is 78.9 Å². The summed E-state index contributed by atoms with van der Waals surface area (Å²) in [4.78, 5) is 0. The van der Waals surface area contributed by atoms with Gasteiger partial charge in [-0.1, -0.05) is 19.1 Å². The Morgan fingerprint density at radius 3 is 2.76 bits per heavy atom. The lowest BCUT2D eigenvalue weighted by molar-refractivity contribution is 0.262. The van der Waals surface area contributed by atoms with Crippen LogP contribution in [-0.2, 0) is 16.8 Å². The van der Waals surface area contributed by atoms with Gasteiger partial charge in [0.05, 0.1) is 7.11 Å². The third-order valence-corrected chi connectivity index (χ3v) is 4.67. The molecule has 0 aliphatic rings. The molecule has 0 aromatic heterocycles. The minimum Gasteiger partial charge on any atom is -0.497 e. The summed E-state index contributed by atoms with van der Waals surface area (Å²) in [7, 11) is -0.431. The highest BCUT2D eigenvalue weighted by molar-refractivity contribution is 7.87. The molecule has 120 valence electrons. The van der Waals surface area contributed by atoms with Crippen LogP contribution in [0.3, 0.4) is 0 Å². The Bertz CT molecular complexity index is 534. The summed E-state index contributed by atoms with van der Waals surface area (Å²) in [6.45, 7) is 2.52. The molecule has 2 N–H and O–H groups in total. The van der Waals surface area contributed by atoms with Crippen LogP contribution in [0.5, 0.6) is 5.75 Å². The van der Waals surface area contributed by atoms with Crippen LogP contribution >= 0.6 is 0 Å². The smallest absolute Gasteiger partial charge is 0.279 e. The molecule has 0 saturated carbocycles. The van der Waals surface area contributed by atoms with Crippen molar-refractivity contribution < 1.29 is 18.3 Å². The lowest BCUT2D eigenvalue weighted by Gasteiger charge is -2.19. The molecule has 0 bridgehead atoms. The zero-order valence-corrected chi connectivity index (χ0v) is 13.6. The van der Waals surface area contributed by atoms with E-state index in [0.717, 1.165) is 5.56 Å². The summed E-state index contributed by atoms with van der Waals surface area (Å²) in [6.07, 6.45) is 0.572. The van der Waals surface area contributed by atoms with E-state index < -0.39 is 10.2 Å². The van der Waals surface area contributed by atoms with Crippen LogP contribution in [0, 0.1) is 5.92 Å². The average molecular weight is 316 g/mol. The van der Waals surface area contributed by atoms with E-state index in [1.165, 1.54) is 11.4 Å². The molecule has 1 aromatic carbocycles. The zero-order valence-electron chi connectivity index (χ0n) is 12.7. The van der Waals surface area contributed by atoms with E-state index in [1.54, 1.807) is 13.2 Å². The average Bonchev–Trinajstić information content (AvgIpc) is 2.45. The van der Waals surface area contributed by atoms with Gasteiger partial charge in [0.1, 0.15) is 5.75 Å². The summed E-state index contributed by atoms with van der Waals surface area (Å²) in [5.74, 6) is 0.790. The number of hydrogen-bond acceptors (Lipinski definition) is 4. The number of aliphatic hydroxyl groups excluding tert-OH is 1. The molecule has 21 heavy (non-hydrogen) atoms. The van der Waals surface area contributed by atoms with Crippen molar-refractivity contribution in [3.63, 3.8) is 0 Å². The first-order valence-corrected chi connectivity index (χ1v) is 8.27. The van der Waals surface area contributed by atoms with Crippen LogP contribution in [0.15, 0.2) is 24.3 Å². The largest absolute Gasteiger partial charge is 0.497 e. The summed E-state index contributed by atoms with van der Waals surface area (Å²) in [5, 5.41) is 8.82. The van der Waals surface area contributed by atoms with Gasteiger partial charge < -0.3 is 9.84 Å². The Morgan fingerprint density at radius 2 is 2.14 bits per heavy atom. The van der Waals surface area contributed by atoms with Crippen molar-refractivity contribution in [2.45, 2.75) is 19.9 Å². The quantitative estimate of drug-likeness (QED) is 0.712. The zero-order chi connectivity index (χ0) is 15.9. The van der Waals surface area contributed by atoms with E-state index in [2.05, 4.69) is 4.72 Å². The van der Waals surface area contributed by atoms with Gasteiger partial charge in [0.2, 0.25) is 0 Å². The molecule has 0 saturated heterocycles. The molecule has 6 nitrogen and oxygen atoms in total. The minimum atomic E-state index is -3.53. The normalized spacial score (nSPS) is 13.4. The Kier molecular flexibility index (Phi) is 7.10. The third-order valence-electron chi connectivity index (χ3n) is 3.19. The number of hydrogen-bond donors (Lipinski definition) is 2. The van der Waals surface area contributed by atoms with Crippen LogP contribution in [-0.4, -0.2) is 45.1 Å². The van der Waals surface area contributed by atoms with Gasteiger partial charge in [-0.2, -0.15) is 12.7 Å². The number of benzene rings is 1. The van der Waals surface area contributed by atoms with Crippen molar-refractivity contribution in [1.29, 1.82) is 0 Å². The number of aliphatic hydroxyl groups is 1. The van der Waals surface area contributed by atoms with Crippen LogP contribution in [0.2, 0.25) is 0 Å². The number of methoxy groups -OCH3 is 1. The van der Waals surface area contributed by atoms with E-state index >= 15 is 0 Å². The Balaban J connectivity index is 2.61. The second-order valence-corrected chi connectivity index (χ2v) is 6.94. The maximum atomic E-state index is 12.1. The van der Waals surface area contributed by atoms with Crippen molar-refractivity contribution in [3.8, 4) is 5.75 Å². The highest BCUT2D eigenvalue weighted by Gasteiger charge is 2.18. The van der Waals surface area contributed by atoms with E-state index in [1.807, 2.05) is 25.1 Å². The SMILES string of the molecule is COc1cccc(CN(C)S(=O)(=O)NCC(C)CCO)c1. The molecule has 1 aromatic rings. The van der Waals surface area contributed by atoms with Crippen LogP contribution in [0.25, 0.3) is 0 Å². The number of nitrogens with one attached hydrogen (secondary N) is 1. The molecule has 0 fully saturated rings. The van der Waals surface area contributed by atoms with E-state index in [0.29, 0.717) is 18.7 Å². The molecule has 0 heterocycles. The predicted octanol–water partition coefficient (Wildman–Crippen LogP) is 0.980. The third kappa shape index (κ3) is 6.01. The second-order valence-electron chi connectivity index (χ2n) is 5.08.